The van der Waals surface area contributed by atoms with Gasteiger partial charge in [-0.15, -0.1) is 11.6 Å². The van der Waals surface area contributed by atoms with Crippen molar-refractivity contribution in [3.05, 3.63) is 18.6 Å². The van der Waals surface area contributed by atoms with Gasteiger partial charge < -0.3 is 9.88 Å². The van der Waals surface area contributed by atoms with Gasteiger partial charge in [0.25, 0.3) is 0 Å². The van der Waals surface area contributed by atoms with E-state index in [4.69, 9.17) is 11.6 Å². The number of fused-ring (bicyclic) bond motifs is 1. The molecule has 2 aromatic rings. The monoisotopic (exact) mass is 210 g/mol. The fraction of sp³-hybridized carbons (Fsp3) is 0.333. The number of nitrogens with one attached hydrogen (secondary N) is 1. The van der Waals surface area contributed by atoms with Crippen LogP contribution in [-0.4, -0.2) is 27.0 Å². The minimum atomic E-state index is 0.560. The number of nitrogens with zero attached hydrogens (tertiary/aromatic N) is 3. The van der Waals surface area contributed by atoms with Gasteiger partial charge in [-0.1, -0.05) is 0 Å². The van der Waals surface area contributed by atoms with Gasteiger partial charge in [0.15, 0.2) is 5.82 Å². The van der Waals surface area contributed by atoms with Crippen molar-refractivity contribution >= 4 is 28.5 Å². The predicted octanol–water partition coefficient (Wildman–Crippen LogP) is 1.62. The molecule has 0 unspecified atom stereocenters. The smallest absolute Gasteiger partial charge is 0.154 e. The summed E-state index contributed by atoms with van der Waals surface area (Å²) in [5, 5.41) is 3.13. The number of aromatic nitrogens is 3. The van der Waals surface area contributed by atoms with Gasteiger partial charge in [-0.25, -0.2) is 9.97 Å². The number of pyridine rings is 1. The summed E-state index contributed by atoms with van der Waals surface area (Å²) in [6, 6.07) is 1.94. The summed E-state index contributed by atoms with van der Waals surface area (Å²) in [6.45, 7) is 0.699. The third kappa shape index (κ3) is 1.53. The van der Waals surface area contributed by atoms with Crippen molar-refractivity contribution in [2.75, 3.05) is 17.7 Å². The van der Waals surface area contributed by atoms with E-state index in [1.165, 1.54) is 0 Å². The molecule has 2 rings (SSSR count). The number of hydrogen-bond acceptors (Lipinski definition) is 3. The van der Waals surface area contributed by atoms with E-state index in [1.54, 1.807) is 12.5 Å². The molecule has 2 aromatic heterocycles. The molecular formula is C9H11ClN4. The van der Waals surface area contributed by atoms with Crippen molar-refractivity contribution in [3.63, 3.8) is 0 Å². The van der Waals surface area contributed by atoms with Crippen LogP contribution in [0.25, 0.3) is 11.0 Å². The largest absolute Gasteiger partial charge is 0.367 e. The highest BCUT2D eigenvalue weighted by Crippen LogP contribution is 2.17. The van der Waals surface area contributed by atoms with Crippen LogP contribution in [0.5, 0.6) is 0 Å². The lowest BCUT2D eigenvalue weighted by Gasteiger charge is -2.03. The topological polar surface area (TPSA) is 42.7 Å². The molecular weight excluding hydrogens is 200 g/mol. The van der Waals surface area contributed by atoms with E-state index in [9.17, 15) is 0 Å². The first-order valence-corrected chi connectivity index (χ1v) is 4.92. The fourth-order valence-electron chi connectivity index (χ4n) is 1.36. The highest BCUT2D eigenvalue weighted by atomic mass is 35.5. The molecule has 2 heterocycles. The number of imidazole rings is 1. The average molecular weight is 211 g/mol. The molecule has 0 bridgehead atoms. The van der Waals surface area contributed by atoms with Crippen LogP contribution < -0.4 is 5.32 Å². The molecule has 0 aromatic carbocycles. The van der Waals surface area contributed by atoms with Gasteiger partial charge in [-0.2, -0.15) is 0 Å². The van der Waals surface area contributed by atoms with Gasteiger partial charge in [0.1, 0.15) is 5.52 Å². The summed E-state index contributed by atoms with van der Waals surface area (Å²) < 4.78 is 1.96. The van der Waals surface area contributed by atoms with Gasteiger partial charge in [0.2, 0.25) is 0 Å². The molecule has 0 radical (unpaired) electrons. The maximum Gasteiger partial charge on any atom is 0.154 e. The van der Waals surface area contributed by atoms with E-state index in [1.807, 2.05) is 17.7 Å². The standard InChI is InChI=1S/C9H11ClN4/c1-14-6-13-8-7(14)2-4-11-9(8)12-5-3-10/h2,4,6H,3,5H2,1H3,(H,11,12). The summed E-state index contributed by atoms with van der Waals surface area (Å²) in [5.41, 5.74) is 1.96. The maximum atomic E-state index is 5.59. The maximum absolute atomic E-state index is 5.59. The molecule has 0 atom stereocenters. The zero-order valence-corrected chi connectivity index (χ0v) is 8.62. The Labute approximate surface area is 86.9 Å². The third-order valence-corrected chi connectivity index (χ3v) is 2.22. The van der Waals surface area contributed by atoms with Crippen molar-refractivity contribution < 1.29 is 0 Å². The Morgan fingerprint density at radius 1 is 1.50 bits per heavy atom. The first-order valence-electron chi connectivity index (χ1n) is 4.39. The molecule has 4 nitrogen and oxygen atoms in total. The van der Waals surface area contributed by atoms with E-state index in [0.29, 0.717) is 12.4 Å². The number of rotatable bonds is 3. The Hall–Kier alpha value is -1.29. The minimum absolute atomic E-state index is 0.560. The number of aryl methyl sites for hydroxylation is 1. The van der Waals surface area contributed by atoms with E-state index >= 15 is 0 Å². The van der Waals surface area contributed by atoms with Crippen LogP contribution in [-0.2, 0) is 7.05 Å². The number of hydrogen-bond donors (Lipinski definition) is 1. The zero-order chi connectivity index (χ0) is 9.97. The number of alkyl halides is 1. The Kier molecular flexibility index (Phi) is 2.54. The SMILES string of the molecule is Cn1cnc2c(NCCCl)nccc21. The highest BCUT2D eigenvalue weighted by Gasteiger charge is 2.05. The van der Waals surface area contributed by atoms with E-state index in [-0.39, 0.29) is 0 Å². The lowest BCUT2D eigenvalue weighted by atomic mass is 10.4. The summed E-state index contributed by atoms with van der Waals surface area (Å²) in [4.78, 5) is 8.48. The molecule has 0 saturated heterocycles. The molecule has 0 aliphatic rings. The Balaban J connectivity index is 2.44. The summed E-state index contributed by atoms with van der Waals surface area (Å²) in [7, 11) is 1.96. The summed E-state index contributed by atoms with van der Waals surface area (Å²) >= 11 is 5.59. The van der Waals surface area contributed by atoms with Crippen LogP contribution in [0.1, 0.15) is 0 Å². The van der Waals surface area contributed by atoms with Gasteiger partial charge >= 0.3 is 0 Å². The lowest BCUT2D eigenvalue weighted by Crippen LogP contribution is -2.04. The van der Waals surface area contributed by atoms with Crippen LogP contribution in [0.2, 0.25) is 0 Å². The normalized spacial score (nSPS) is 10.7. The Morgan fingerprint density at radius 2 is 2.36 bits per heavy atom. The van der Waals surface area contributed by atoms with Gasteiger partial charge in [-0.3, -0.25) is 0 Å². The fourth-order valence-corrected chi connectivity index (χ4v) is 1.45. The second-order valence-corrected chi connectivity index (χ2v) is 3.38. The lowest BCUT2D eigenvalue weighted by molar-refractivity contribution is 0.947. The quantitative estimate of drug-likeness (QED) is 0.783. The van der Waals surface area contributed by atoms with Crippen molar-refractivity contribution in [1.82, 2.24) is 14.5 Å². The second-order valence-electron chi connectivity index (χ2n) is 3.00. The first-order chi connectivity index (χ1) is 6.83. The van der Waals surface area contributed by atoms with Crippen LogP contribution in [0.15, 0.2) is 18.6 Å². The van der Waals surface area contributed by atoms with Crippen molar-refractivity contribution in [2.24, 2.45) is 7.05 Å². The predicted molar refractivity (Wildman–Crippen MR) is 57.7 cm³/mol. The van der Waals surface area contributed by atoms with Crippen molar-refractivity contribution in [2.45, 2.75) is 0 Å². The molecule has 0 aliphatic heterocycles. The average Bonchev–Trinajstić information content (AvgIpc) is 2.58. The van der Waals surface area contributed by atoms with E-state index < -0.39 is 0 Å². The molecule has 5 heteroatoms. The highest BCUT2D eigenvalue weighted by molar-refractivity contribution is 6.18. The summed E-state index contributed by atoms with van der Waals surface area (Å²) in [5.74, 6) is 1.36. The third-order valence-electron chi connectivity index (χ3n) is 2.03. The summed E-state index contributed by atoms with van der Waals surface area (Å²) in [6.07, 6.45) is 3.54. The minimum Gasteiger partial charge on any atom is -0.367 e. The number of anilines is 1. The van der Waals surface area contributed by atoms with Crippen LogP contribution in [0.4, 0.5) is 5.82 Å². The van der Waals surface area contributed by atoms with Gasteiger partial charge in [0.05, 0.1) is 11.8 Å². The molecule has 74 valence electrons. The zero-order valence-electron chi connectivity index (χ0n) is 7.87. The molecule has 0 spiro atoms. The molecule has 0 amide bonds. The number of halogens is 1. The molecule has 0 aliphatic carbocycles. The Morgan fingerprint density at radius 3 is 3.14 bits per heavy atom. The second kappa shape index (κ2) is 3.84. The first kappa shape index (κ1) is 9.27. The van der Waals surface area contributed by atoms with Gasteiger partial charge in [0, 0.05) is 25.7 Å². The van der Waals surface area contributed by atoms with E-state index in [0.717, 1.165) is 16.9 Å². The van der Waals surface area contributed by atoms with Crippen molar-refractivity contribution in [1.29, 1.82) is 0 Å². The van der Waals surface area contributed by atoms with E-state index in [2.05, 4.69) is 15.3 Å². The Bertz CT molecular complexity index is 437. The molecule has 1 N–H and O–H groups in total. The molecule has 0 fully saturated rings. The molecule has 14 heavy (non-hydrogen) atoms. The van der Waals surface area contributed by atoms with Crippen LogP contribution >= 0.6 is 11.6 Å². The van der Waals surface area contributed by atoms with Crippen molar-refractivity contribution in [3.8, 4) is 0 Å². The van der Waals surface area contributed by atoms with Crippen LogP contribution in [0, 0.1) is 0 Å². The molecule has 0 saturated carbocycles. The van der Waals surface area contributed by atoms with Gasteiger partial charge in [-0.05, 0) is 6.07 Å². The van der Waals surface area contributed by atoms with Crippen LogP contribution in [0.3, 0.4) is 0 Å².